The molecule has 0 saturated carbocycles. The van der Waals surface area contributed by atoms with Crippen molar-refractivity contribution < 1.29 is 9.47 Å². The van der Waals surface area contributed by atoms with Crippen molar-refractivity contribution in [3.05, 3.63) is 310 Å². The van der Waals surface area contributed by atoms with Gasteiger partial charge in [0.05, 0.1) is 10.8 Å². The van der Waals surface area contributed by atoms with E-state index >= 15 is 0 Å². The molecule has 1 aliphatic carbocycles. The van der Waals surface area contributed by atoms with Crippen LogP contribution in [0.4, 0.5) is 0 Å². The molecular formula is C70H44O2S2. The summed E-state index contributed by atoms with van der Waals surface area (Å²) in [6.07, 6.45) is 0. The van der Waals surface area contributed by atoms with Crippen LogP contribution in [0.2, 0.25) is 0 Å². The molecule has 2 spiro atoms. The molecule has 15 rings (SSSR count). The second-order valence-electron chi connectivity index (χ2n) is 19.5. The molecule has 348 valence electrons. The lowest BCUT2D eigenvalue weighted by Gasteiger charge is -2.50. The summed E-state index contributed by atoms with van der Waals surface area (Å²) in [6, 6.07) is 97.6. The third kappa shape index (κ3) is 6.42. The largest absolute Gasteiger partial charge is 0.457 e. The fourth-order valence-corrected chi connectivity index (χ4v) is 15.1. The second-order valence-corrected chi connectivity index (χ2v) is 21.6. The van der Waals surface area contributed by atoms with Gasteiger partial charge in [-0.15, -0.1) is 22.7 Å². The van der Waals surface area contributed by atoms with Crippen molar-refractivity contribution in [2.45, 2.75) is 10.8 Å². The Morgan fingerprint density at radius 3 is 0.743 bits per heavy atom. The molecule has 12 aromatic rings. The third-order valence-electron chi connectivity index (χ3n) is 15.4. The van der Waals surface area contributed by atoms with Gasteiger partial charge in [-0.05, 0) is 140 Å². The molecule has 0 unspecified atom stereocenters. The van der Waals surface area contributed by atoms with Crippen LogP contribution in [0.5, 0.6) is 23.0 Å². The van der Waals surface area contributed by atoms with Gasteiger partial charge >= 0.3 is 0 Å². The molecule has 2 aliphatic heterocycles. The molecular weight excluding hydrogens is 937 g/mol. The lowest BCUT2D eigenvalue weighted by atomic mass is 9.54. The smallest absolute Gasteiger partial charge is 0.132 e. The Kier molecular flexibility index (Phi) is 9.78. The Bertz CT molecular complexity index is 3610. The maximum absolute atomic E-state index is 7.01. The minimum Gasteiger partial charge on any atom is -0.457 e. The zero-order chi connectivity index (χ0) is 48.8. The average molecular weight is 981 g/mol. The molecule has 2 aromatic heterocycles. The molecule has 0 saturated heterocycles. The zero-order valence-corrected chi connectivity index (χ0v) is 41.7. The van der Waals surface area contributed by atoms with E-state index in [1.165, 1.54) is 86.3 Å². The Labute approximate surface area is 438 Å². The zero-order valence-electron chi connectivity index (χ0n) is 40.0. The van der Waals surface area contributed by atoms with Gasteiger partial charge in [0.2, 0.25) is 0 Å². The monoisotopic (exact) mass is 980 g/mol. The molecule has 0 N–H and O–H groups in total. The van der Waals surface area contributed by atoms with E-state index < -0.39 is 10.8 Å². The van der Waals surface area contributed by atoms with Crippen molar-refractivity contribution in [2.24, 2.45) is 0 Å². The van der Waals surface area contributed by atoms with Crippen LogP contribution in [0, 0.1) is 0 Å². The lowest BCUT2D eigenvalue weighted by molar-refractivity contribution is 0.418. The molecule has 0 amide bonds. The van der Waals surface area contributed by atoms with Crippen LogP contribution in [0.15, 0.2) is 267 Å². The van der Waals surface area contributed by atoms with E-state index in [-0.39, 0.29) is 0 Å². The average Bonchev–Trinajstić information content (AvgIpc) is 4.19. The van der Waals surface area contributed by atoms with Gasteiger partial charge < -0.3 is 9.47 Å². The van der Waals surface area contributed by atoms with Crippen molar-refractivity contribution in [3.8, 4) is 88.4 Å². The van der Waals surface area contributed by atoms with Crippen LogP contribution >= 0.6 is 22.7 Å². The normalized spacial score (nSPS) is 13.8. The van der Waals surface area contributed by atoms with E-state index in [1.807, 2.05) is 22.7 Å². The van der Waals surface area contributed by atoms with Crippen molar-refractivity contribution in [1.29, 1.82) is 0 Å². The molecule has 0 bridgehead atoms. The van der Waals surface area contributed by atoms with Crippen LogP contribution in [-0.4, -0.2) is 0 Å². The first kappa shape index (κ1) is 42.8. The quantitative estimate of drug-likeness (QED) is 0.165. The van der Waals surface area contributed by atoms with Gasteiger partial charge in [-0.2, -0.15) is 0 Å². The Morgan fingerprint density at radius 1 is 0.216 bits per heavy atom. The maximum atomic E-state index is 7.01. The highest BCUT2D eigenvalue weighted by Crippen LogP contribution is 2.70. The molecule has 4 heterocycles. The first-order valence-corrected chi connectivity index (χ1v) is 26.8. The van der Waals surface area contributed by atoms with Crippen LogP contribution in [0.3, 0.4) is 0 Å². The van der Waals surface area contributed by atoms with Gasteiger partial charge in [-0.3, -0.25) is 0 Å². The molecule has 4 heteroatoms. The van der Waals surface area contributed by atoms with Crippen molar-refractivity contribution in [3.63, 3.8) is 0 Å². The van der Waals surface area contributed by atoms with Crippen LogP contribution < -0.4 is 9.47 Å². The van der Waals surface area contributed by atoms with Gasteiger partial charge in [-0.25, -0.2) is 0 Å². The topological polar surface area (TPSA) is 18.5 Å². The fraction of sp³-hybridized carbons (Fsp3) is 0.0286. The van der Waals surface area contributed by atoms with E-state index in [0.29, 0.717) is 0 Å². The van der Waals surface area contributed by atoms with E-state index in [0.717, 1.165) is 45.3 Å². The summed E-state index contributed by atoms with van der Waals surface area (Å²) in [5, 5.41) is 0. The van der Waals surface area contributed by atoms with Crippen LogP contribution in [-0.2, 0) is 10.8 Å². The van der Waals surface area contributed by atoms with Gasteiger partial charge in [0.25, 0.3) is 0 Å². The van der Waals surface area contributed by atoms with Crippen molar-refractivity contribution in [2.75, 3.05) is 0 Å². The first-order valence-electron chi connectivity index (χ1n) is 25.2. The van der Waals surface area contributed by atoms with E-state index in [4.69, 9.17) is 9.47 Å². The number of hydrogen-bond donors (Lipinski definition) is 0. The van der Waals surface area contributed by atoms with Crippen LogP contribution in [0.25, 0.3) is 65.4 Å². The molecule has 0 atom stereocenters. The third-order valence-corrected chi connectivity index (χ3v) is 18.0. The van der Waals surface area contributed by atoms with Gasteiger partial charge in [0.15, 0.2) is 0 Å². The Hall–Kier alpha value is -8.80. The summed E-state index contributed by atoms with van der Waals surface area (Å²) in [6.45, 7) is 0. The highest BCUT2D eigenvalue weighted by atomic mass is 32.1. The van der Waals surface area contributed by atoms with Crippen molar-refractivity contribution >= 4 is 22.7 Å². The number of para-hydroxylation sites is 4. The molecule has 2 nitrogen and oxygen atoms in total. The molecule has 3 aliphatic rings. The lowest BCUT2D eigenvalue weighted by Crippen LogP contribution is -2.45. The highest BCUT2D eigenvalue weighted by molar-refractivity contribution is 7.17. The summed E-state index contributed by atoms with van der Waals surface area (Å²) in [5.41, 5.74) is 17.3. The first-order chi connectivity index (χ1) is 36.6. The van der Waals surface area contributed by atoms with Gasteiger partial charge in [-0.1, -0.05) is 194 Å². The summed E-state index contributed by atoms with van der Waals surface area (Å²) in [4.78, 5) is 4.94. The standard InChI is InChI=1S/C70H44O2S2/c1-5-21-45(22-6-1)49-37-50(46-23-7-2-8-24-46)40-53(39-49)65-43-59-67(73-65)70(57-31-15-19-35-63(57)72-64-36-20-16-32-58(64)70)60-44-66(54-41-51(47-25-9-3-10-26-47)38-52(42-54)48-27-11-4-12-28-48)74-68(60)69(59)55-29-13-17-33-61(55)71-62-34-18-14-30-56(62)69/h1-44H. The minimum absolute atomic E-state index is 0.778. The predicted octanol–water partition coefficient (Wildman–Crippen LogP) is 19.1. The molecule has 0 fully saturated rings. The van der Waals surface area contributed by atoms with Crippen LogP contribution in [0.1, 0.15) is 43.1 Å². The van der Waals surface area contributed by atoms with E-state index in [2.05, 4.69) is 267 Å². The molecule has 74 heavy (non-hydrogen) atoms. The number of benzene rings is 10. The van der Waals surface area contributed by atoms with Gasteiger partial charge in [0, 0.05) is 41.8 Å². The highest BCUT2D eigenvalue weighted by Gasteiger charge is 2.61. The second kappa shape index (κ2) is 16.9. The minimum atomic E-state index is -0.778. The van der Waals surface area contributed by atoms with E-state index in [1.54, 1.807) is 0 Å². The molecule has 0 radical (unpaired) electrons. The summed E-state index contributed by atoms with van der Waals surface area (Å²) in [5.74, 6) is 3.46. The fourth-order valence-electron chi connectivity index (χ4n) is 12.2. The van der Waals surface area contributed by atoms with E-state index in [9.17, 15) is 0 Å². The maximum Gasteiger partial charge on any atom is 0.132 e. The summed E-state index contributed by atoms with van der Waals surface area (Å²) < 4.78 is 14.0. The Morgan fingerprint density at radius 2 is 0.459 bits per heavy atom. The summed E-state index contributed by atoms with van der Waals surface area (Å²) >= 11 is 3.84. The number of ether oxygens (including phenoxy) is 2. The Balaban J connectivity index is 1.09. The number of hydrogen-bond acceptors (Lipinski definition) is 4. The number of fused-ring (bicyclic) bond motifs is 14. The van der Waals surface area contributed by atoms with Crippen molar-refractivity contribution in [1.82, 2.24) is 0 Å². The SMILES string of the molecule is c1ccc(-c2cc(-c3ccccc3)cc(-c3cc4c(s3)C3(c5ccccc5Oc5ccccc53)c3cc(-c5cc(-c6ccccc6)cc(-c6ccccc6)c5)sc3C43c4ccccc4Oc4ccccc43)c2)cc1. The molecule has 10 aromatic carbocycles. The van der Waals surface area contributed by atoms with Gasteiger partial charge in [0.1, 0.15) is 23.0 Å². The predicted molar refractivity (Wildman–Crippen MR) is 305 cm³/mol. The number of thiophene rings is 2. The summed E-state index contributed by atoms with van der Waals surface area (Å²) in [7, 11) is 0. The number of rotatable bonds is 6.